The molecule has 1 unspecified atom stereocenters. The normalized spacial score (nSPS) is 11.6. The Morgan fingerprint density at radius 1 is 1.29 bits per heavy atom. The molecule has 2 aromatic rings. The highest BCUT2D eigenvalue weighted by Crippen LogP contribution is 2.21. The van der Waals surface area contributed by atoms with Crippen molar-refractivity contribution >= 4 is 12.0 Å². The summed E-state index contributed by atoms with van der Waals surface area (Å²) in [6.45, 7) is 2.14. The molecule has 0 aliphatic carbocycles. The Balaban J connectivity index is 0.000000243. The van der Waals surface area contributed by atoms with Crippen molar-refractivity contribution in [3.8, 4) is 11.5 Å². The maximum Gasteiger partial charge on any atom is 0.339 e. The lowest BCUT2D eigenvalue weighted by molar-refractivity contribution is 0.0693. The van der Waals surface area contributed by atoms with Crippen molar-refractivity contribution in [1.82, 2.24) is 15.3 Å². The fraction of sp³-hybridized carbons (Fsp3) is 0.235. The Hall–Kier alpha value is -2.93. The molecular weight excluding hydrogens is 310 g/mol. The number of hydrogen-bond donors (Lipinski definition) is 4. The molecule has 7 heteroatoms. The van der Waals surface area contributed by atoms with Gasteiger partial charge in [-0.1, -0.05) is 12.2 Å². The minimum Gasteiger partial charge on any atom is -0.508 e. The van der Waals surface area contributed by atoms with Crippen LogP contribution in [0.1, 0.15) is 29.3 Å². The summed E-state index contributed by atoms with van der Waals surface area (Å²) in [6.07, 6.45) is 10.3. The number of carbonyl (C=O) groups is 1. The van der Waals surface area contributed by atoms with Crippen LogP contribution < -0.4 is 5.32 Å². The van der Waals surface area contributed by atoms with Gasteiger partial charge < -0.3 is 20.6 Å². The van der Waals surface area contributed by atoms with Crippen LogP contribution in [-0.4, -0.2) is 44.3 Å². The number of phenols is 2. The van der Waals surface area contributed by atoms with Gasteiger partial charge in [0, 0.05) is 24.0 Å². The molecule has 0 fully saturated rings. The Morgan fingerprint density at radius 2 is 1.96 bits per heavy atom. The number of aromatic nitrogens is 2. The predicted octanol–water partition coefficient (Wildman–Crippen LogP) is 2.28. The van der Waals surface area contributed by atoms with Gasteiger partial charge in [0.05, 0.1) is 0 Å². The average molecular weight is 331 g/mol. The Kier molecular flexibility index (Phi) is 7.93. The largest absolute Gasteiger partial charge is 0.508 e. The van der Waals surface area contributed by atoms with Crippen LogP contribution in [0.5, 0.6) is 11.5 Å². The third-order valence-corrected chi connectivity index (χ3v) is 3.08. The fourth-order valence-electron chi connectivity index (χ4n) is 1.62. The van der Waals surface area contributed by atoms with Gasteiger partial charge in [-0.15, -0.1) is 0 Å². The van der Waals surface area contributed by atoms with Gasteiger partial charge in [0.2, 0.25) is 0 Å². The second kappa shape index (κ2) is 9.96. The summed E-state index contributed by atoms with van der Waals surface area (Å²) in [5.41, 5.74) is 0.746. The molecule has 1 atom stereocenters. The van der Waals surface area contributed by atoms with Gasteiger partial charge >= 0.3 is 5.97 Å². The predicted molar refractivity (Wildman–Crippen MR) is 90.9 cm³/mol. The van der Waals surface area contributed by atoms with E-state index in [1.807, 2.05) is 13.1 Å². The van der Waals surface area contributed by atoms with E-state index in [9.17, 15) is 4.79 Å². The van der Waals surface area contributed by atoms with Crippen molar-refractivity contribution in [3.05, 3.63) is 54.1 Å². The second-order valence-corrected chi connectivity index (χ2v) is 5.01. The molecule has 1 heterocycles. The zero-order valence-electron chi connectivity index (χ0n) is 13.5. The zero-order valence-corrected chi connectivity index (χ0v) is 13.5. The lowest BCUT2D eigenvalue weighted by atomic mass is 10.2. The molecule has 0 aliphatic rings. The molecule has 2 rings (SSSR count). The van der Waals surface area contributed by atoms with Crippen LogP contribution in [0.4, 0.5) is 0 Å². The molecule has 0 aliphatic heterocycles. The van der Waals surface area contributed by atoms with Crippen LogP contribution in [0.15, 0.2) is 43.0 Å². The van der Waals surface area contributed by atoms with Gasteiger partial charge in [-0.2, -0.15) is 0 Å². The molecule has 0 bridgehead atoms. The average Bonchev–Trinajstić information content (AvgIpc) is 2.58. The maximum atomic E-state index is 10.3. The van der Waals surface area contributed by atoms with E-state index in [0.717, 1.165) is 24.1 Å². The number of rotatable bonds is 5. The first-order chi connectivity index (χ1) is 11.4. The third kappa shape index (κ3) is 6.89. The van der Waals surface area contributed by atoms with Crippen LogP contribution in [0.3, 0.4) is 0 Å². The highest BCUT2D eigenvalue weighted by Gasteiger charge is 2.08. The zero-order chi connectivity index (χ0) is 17.9. The van der Waals surface area contributed by atoms with E-state index in [-0.39, 0.29) is 17.1 Å². The SMILES string of the molecule is CNC(C)C/C=C/c1cncnc1.O=C(O)c1cc(O)ccc1O. The number of phenolic OH excluding ortho intramolecular Hbond substituents is 1. The lowest BCUT2D eigenvalue weighted by Crippen LogP contribution is -2.19. The molecule has 0 amide bonds. The number of aromatic carboxylic acids is 1. The van der Waals surface area contributed by atoms with Crippen molar-refractivity contribution in [1.29, 1.82) is 0 Å². The number of hydrogen-bond acceptors (Lipinski definition) is 6. The summed E-state index contributed by atoms with van der Waals surface area (Å²) in [6, 6.07) is 3.83. The summed E-state index contributed by atoms with van der Waals surface area (Å²) in [4.78, 5) is 18.2. The lowest BCUT2D eigenvalue weighted by Gasteiger charge is -2.04. The van der Waals surface area contributed by atoms with Crippen molar-refractivity contribution in [2.45, 2.75) is 19.4 Å². The van der Waals surface area contributed by atoms with Crippen LogP contribution in [0.2, 0.25) is 0 Å². The monoisotopic (exact) mass is 331 g/mol. The van der Waals surface area contributed by atoms with Gasteiger partial charge in [-0.05, 0) is 38.6 Å². The molecule has 1 aromatic carbocycles. The molecule has 7 nitrogen and oxygen atoms in total. The van der Waals surface area contributed by atoms with E-state index in [1.165, 1.54) is 12.4 Å². The molecular formula is C17H21N3O4. The van der Waals surface area contributed by atoms with E-state index in [2.05, 4.69) is 28.3 Å². The molecule has 0 saturated carbocycles. The quantitative estimate of drug-likeness (QED) is 0.621. The summed E-state index contributed by atoms with van der Waals surface area (Å²) in [5.74, 6) is -1.80. The molecule has 0 spiro atoms. The number of nitrogens with zero attached hydrogens (tertiary/aromatic N) is 2. The Morgan fingerprint density at radius 3 is 2.50 bits per heavy atom. The third-order valence-electron chi connectivity index (χ3n) is 3.08. The Labute approximate surface area is 140 Å². The first-order valence-corrected chi connectivity index (χ1v) is 7.28. The molecule has 128 valence electrons. The minimum absolute atomic E-state index is 0.180. The number of carboxylic acids is 1. The minimum atomic E-state index is -1.27. The van der Waals surface area contributed by atoms with Gasteiger partial charge in [0.1, 0.15) is 23.4 Å². The van der Waals surface area contributed by atoms with Gasteiger partial charge in [0.25, 0.3) is 0 Å². The van der Waals surface area contributed by atoms with E-state index < -0.39 is 5.97 Å². The number of carboxylic acid groups (broad SMARTS) is 1. The van der Waals surface area contributed by atoms with Crippen LogP contribution >= 0.6 is 0 Å². The van der Waals surface area contributed by atoms with Crippen LogP contribution in [-0.2, 0) is 0 Å². The van der Waals surface area contributed by atoms with Crippen molar-refractivity contribution in [3.63, 3.8) is 0 Å². The van der Waals surface area contributed by atoms with Gasteiger partial charge in [0.15, 0.2) is 0 Å². The van der Waals surface area contributed by atoms with Gasteiger partial charge in [-0.3, -0.25) is 0 Å². The first-order valence-electron chi connectivity index (χ1n) is 7.28. The molecule has 4 N–H and O–H groups in total. The molecule has 0 radical (unpaired) electrons. The van der Waals surface area contributed by atoms with Crippen LogP contribution in [0, 0.1) is 0 Å². The highest BCUT2D eigenvalue weighted by molar-refractivity contribution is 5.91. The smallest absolute Gasteiger partial charge is 0.339 e. The molecule has 0 saturated heterocycles. The first kappa shape index (κ1) is 19.1. The van der Waals surface area contributed by atoms with Crippen molar-refractivity contribution < 1.29 is 20.1 Å². The van der Waals surface area contributed by atoms with Gasteiger partial charge in [-0.25, -0.2) is 14.8 Å². The van der Waals surface area contributed by atoms with Crippen molar-refractivity contribution in [2.24, 2.45) is 0 Å². The number of aromatic hydroxyl groups is 2. The molecule has 24 heavy (non-hydrogen) atoms. The fourth-order valence-corrected chi connectivity index (χ4v) is 1.62. The maximum absolute atomic E-state index is 10.3. The topological polar surface area (TPSA) is 116 Å². The van der Waals surface area contributed by atoms with E-state index in [0.29, 0.717) is 6.04 Å². The molecule has 1 aromatic heterocycles. The van der Waals surface area contributed by atoms with Crippen molar-refractivity contribution in [2.75, 3.05) is 7.05 Å². The van der Waals surface area contributed by atoms with Crippen LogP contribution in [0.25, 0.3) is 6.08 Å². The van der Waals surface area contributed by atoms with E-state index in [4.69, 9.17) is 15.3 Å². The highest BCUT2D eigenvalue weighted by atomic mass is 16.4. The summed E-state index contributed by atoms with van der Waals surface area (Å²) >= 11 is 0. The summed E-state index contributed by atoms with van der Waals surface area (Å²) in [5, 5.41) is 29.3. The Bertz CT molecular complexity index is 675. The number of benzene rings is 1. The van der Waals surface area contributed by atoms with E-state index in [1.54, 1.807) is 12.4 Å². The second-order valence-electron chi connectivity index (χ2n) is 5.01. The van der Waals surface area contributed by atoms with E-state index >= 15 is 0 Å². The summed E-state index contributed by atoms with van der Waals surface area (Å²) < 4.78 is 0. The number of nitrogens with one attached hydrogen (secondary N) is 1. The summed E-state index contributed by atoms with van der Waals surface area (Å²) in [7, 11) is 1.96. The standard InChI is InChI=1S/C10H15N3.C7H6O4/c1-9(11-2)4-3-5-10-6-12-8-13-7-10;8-4-1-2-6(9)5(3-4)7(10)11/h3,5-9,11H,4H2,1-2H3;1-3,8-9H,(H,10,11)/b5-3+;.